The van der Waals surface area contributed by atoms with Gasteiger partial charge < -0.3 is 4.74 Å². The number of aryl methyl sites for hydroxylation is 1. The van der Waals surface area contributed by atoms with E-state index >= 15 is 0 Å². The van der Waals surface area contributed by atoms with Crippen LogP contribution in [0.3, 0.4) is 0 Å². The molecular weight excluding hydrogens is 352 g/mol. The Morgan fingerprint density at radius 2 is 1.28 bits per heavy atom. The van der Waals surface area contributed by atoms with Crippen LogP contribution in [0.4, 0.5) is 0 Å². The zero-order valence-electron chi connectivity index (χ0n) is 17.0. The van der Waals surface area contributed by atoms with E-state index in [0.29, 0.717) is 6.61 Å². The Morgan fingerprint density at radius 1 is 0.655 bits per heavy atom. The van der Waals surface area contributed by atoms with Gasteiger partial charge in [0.15, 0.2) is 0 Å². The van der Waals surface area contributed by atoms with E-state index in [1.165, 1.54) is 27.8 Å². The first-order valence-electron chi connectivity index (χ1n) is 10.1. The molecule has 0 amide bonds. The van der Waals surface area contributed by atoms with E-state index in [2.05, 4.69) is 105 Å². The third kappa shape index (κ3) is 4.25. The van der Waals surface area contributed by atoms with Crippen LogP contribution in [0.2, 0.25) is 0 Å². The molecule has 4 aromatic rings. The van der Waals surface area contributed by atoms with Gasteiger partial charge in [-0.05, 0) is 29.2 Å². The normalized spacial score (nSPS) is 11.8. The van der Waals surface area contributed by atoms with Crippen molar-refractivity contribution < 1.29 is 4.74 Å². The van der Waals surface area contributed by atoms with Gasteiger partial charge in [-0.2, -0.15) is 0 Å². The van der Waals surface area contributed by atoms with Crippen molar-refractivity contribution in [3.8, 4) is 16.9 Å². The Labute approximate surface area is 173 Å². The fourth-order valence-electron chi connectivity index (χ4n) is 3.87. The van der Waals surface area contributed by atoms with E-state index in [1.54, 1.807) is 0 Å². The first kappa shape index (κ1) is 19.0. The highest BCUT2D eigenvalue weighted by Crippen LogP contribution is 2.40. The first-order chi connectivity index (χ1) is 14.2. The van der Waals surface area contributed by atoms with Crippen molar-refractivity contribution in [2.24, 2.45) is 0 Å². The van der Waals surface area contributed by atoms with Crippen LogP contribution in [0.15, 0.2) is 103 Å². The van der Waals surface area contributed by atoms with Crippen molar-refractivity contribution in [1.29, 1.82) is 0 Å². The summed E-state index contributed by atoms with van der Waals surface area (Å²) in [5.74, 6) is 1.21. The van der Waals surface area contributed by atoms with Crippen molar-refractivity contribution in [3.63, 3.8) is 0 Å². The molecule has 0 aliphatic heterocycles. The zero-order valence-corrected chi connectivity index (χ0v) is 17.0. The molecule has 4 aromatic carbocycles. The summed E-state index contributed by atoms with van der Waals surface area (Å²) in [5.41, 5.74) is 7.34. The van der Waals surface area contributed by atoms with Crippen LogP contribution in [0.25, 0.3) is 11.1 Å². The molecule has 29 heavy (non-hydrogen) atoms. The molecule has 1 atom stereocenters. The molecule has 0 aliphatic rings. The highest BCUT2D eigenvalue weighted by molar-refractivity contribution is 5.73. The predicted octanol–water partition coefficient (Wildman–Crippen LogP) is 7.39. The Bertz CT molecular complexity index is 1070. The molecule has 1 nitrogen and oxygen atoms in total. The quantitative estimate of drug-likeness (QED) is 0.340. The first-order valence-corrected chi connectivity index (χ1v) is 10.1. The van der Waals surface area contributed by atoms with Crippen LogP contribution >= 0.6 is 0 Å². The number of ether oxygens (including phenoxy) is 1. The van der Waals surface area contributed by atoms with Crippen molar-refractivity contribution in [1.82, 2.24) is 0 Å². The fourth-order valence-corrected chi connectivity index (χ4v) is 3.87. The SMILES string of the molecule is Cc1ccccc1C(C)c1cccc(-c2ccccc2)c1OCc1ccccc1. The van der Waals surface area contributed by atoms with Gasteiger partial charge in [0.05, 0.1) is 0 Å². The van der Waals surface area contributed by atoms with Gasteiger partial charge in [0.1, 0.15) is 12.4 Å². The van der Waals surface area contributed by atoms with Crippen molar-refractivity contribution in [2.75, 3.05) is 0 Å². The van der Waals surface area contributed by atoms with Crippen molar-refractivity contribution in [3.05, 3.63) is 125 Å². The molecule has 1 heteroatoms. The molecule has 0 radical (unpaired) electrons. The molecule has 0 aliphatic carbocycles. The number of hydrogen-bond donors (Lipinski definition) is 0. The summed E-state index contributed by atoms with van der Waals surface area (Å²) in [7, 11) is 0. The lowest BCUT2D eigenvalue weighted by atomic mass is 9.87. The molecule has 0 saturated carbocycles. The van der Waals surface area contributed by atoms with Gasteiger partial charge in [-0.3, -0.25) is 0 Å². The van der Waals surface area contributed by atoms with E-state index in [1.807, 2.05) is 12.1 Å². The minimum atomic E-state index is 0.241. The summed E-state index contributed by atoms with van der Waals surface area (Å²) in [6.07, 6.45) is 0. The Hall–Kier alpha value is -3.32. The minimum absolute atomic E-state index is 0.241. The second kappa shape index (κ2) is 8.79. The van der Waals surface area contributed by atoms with Crippen molar-refractivity contribution >= 4 is 0 Å². The standard InChI is InChI=1S/C28H26O/c1-21-12-9-10-17-25(21)22(2)26-18-11-19-27(24-15-7-4-8-16-24)28(26)29-20-23-13-5-3-6-14-23/h3-19,22H,20H2,1-2H3. The maximum absolute atomic E-state index is 6.49. The molecule has 0 aromatic heterocycles. The average Bonchev–Trinajstić information content (AvgIpc) is 2.78. The summed E-state index contributed by atoms with van der Waals surface area (Å²) < 4.78 is 6.49. The van der Waals surface area contributed by atoms with Crippen LogP contribution in [0, 0.1) is 6.92 Å². The number of rotatable bonds is 6. The Morgan fingerprint density at radius 3 is 2.00 bits per heavy atom. The number of hydrogen-bond acceptors (Lipinski definition) is 1. The van der Waals surface area contributed by atoms with E-state index < -0.39 is 0 Å². The highest BCUT2D eigenvalue weighted by Gasteiger charge is 2.19. The van der Waals surface area contributed by atoms with Gasteiger partial charge in [-0.1, -0.05) is 110 Å². The Balaban J connectivity index is 1.79. The molecular formula is C28H26O. The molecule has 144 valence electrons. The molecule has 1 unspecified atom stereocenters. The van der Waals surface area contributed by atoms with Gasteiger partial charge in [0.25, 0.3) is 0 Å². The summed E-state index contributed by atoms with van der Waals surface area (Å²) >= 11 is 0. The van der Waals surface area contributed by atoms with E-state index in [9.17, 15) is 0 Å². The molecule has 0 spiro atoms. The van der Waals surface area contributed by atoms with Gasteiger partial charge in [0, 0.05) is 17.0 Å². The van der Waals surface area contributed by atoms with E-state index in [0.717, 1.165) is 11.3 Å². The van der Waals surface area contributed by atoms with Gasteiger partial charge in [-0.25, -0.2) is 0 Å². The van der Waals surface area contributed by atoms with Crippen molar-refractivity contribution in [2.45, 2.75) is 26.4 Å². The molecule has 0 heterocycles. The van der Waals surface area contributed by atoms with Crippen LogP contribution < -0.4 is 4.74 Å². The van der Waals surface area contributed by atoms with Crippen LogP contribution in [-0.4, -0.2) is 0 Å². The minimum Gasteiger partial charge on any atom is -0.488 e. The zero-order chi connectivity index (χ0) is 20.1. The van der Waals surface area contributed by atoms with Gasteiger partial charge in [-0.15, -0.1) is 0 Å². The van der Waals surface area contributed by atoms with Crippen LogP contribution in [0.5, 0.6) is 5.75 Å². The topological polar surface area (TPSA) is 9.23 Å². The Kier molecular flexibility index (Phi) is 5.76. The lowest BCUT2D eigenvalue weighted by Crippen LogP contribution is -2.05. The maximum Gasteiger partial charge on any atom is 0.131 e. The summed E-state index contributed by atoms with van der Waals surface area (Å²) in [5, 5.41) is 0. The predicted molar refractivity (Wildman–Crippen MR) is 121 cm³/mol. The number of benzene rings is 4. The summed E-state index contributed by atoms with van der Waals surface area (Å²) in [6.45, 7) is 5.00. The lowest BCUT2D eigenvalue weighted by Gasteiger charge is -2.22. The lowest BCUT2D eigenvalue weighted by molar-refractivity contribution is 0.303. The second-order valence-electron chi connectivity index (χ2n) is 7.44. The molecule has 0 N–H and O–H groups in total. The highest BCUT2D eigenvalue weighted by atomic mass is 16.5. The second-order valence-corrected chi connectivity index (χ2v) is 7.44. The molecule has 0 saturated heterocycles. The summed E-state index contributed by atoms with van der Waals surface area (Å²) in [4.78, 5) is 0. The van der Waals surface area contributed by atoms with E-state index in [-0.39, 0.29) is 5.92 Å². The summed E-state index contributed by atoms with van der Waals surface area (Å²) in [6, 6.07) is 36.0. The fraction of sp³-hybridized carbons (Fsp3) is 0.143. The van der Waals surface area contributed by atoms with Crippen LogP contribution in [0.1, 0.15) is 35.1 Å². The van der Waals surface area contributed by atoms with Crippen LogP contribution in [-0.2, 0) is 6.61 Å². The molecule has 4 rings (SSSR count). The molecule has 0 bridgehead atoms. The third-order valence-corrected chi connectivity index (χ3v) is 5.48. The van der Waals surface area contributed by atoms with Gasteiger partial charge in [0.2, 0.25) is 0 Å². The monoisotopic (exact) mass is 378 g/mol. The smallest absolute Gasteiger partial charge is 0.131 e. The third-order valence-electron chi connectivity index (χ3n) is 5.48. The largest absolute Gasteiger partial charge is 0.488 e. The van der Waals surface area contributed by atoms with Gasteiger partial charge >= 0.3 is 0 Å². The number of para-hydroxylation sites is 1. The maximum atomic E-state index is 6.49. The average molecular weight is 379 g/mol. The van der Waals surface area contributed by atoms with E-state index in [4.69, 9.17) is 4.74 Å². The molecule has 0 fully saturated rings.